The molecular formula is C4H9N3O2S. The van der Waals surface area contributed by atoms with Crippen molar-refractivity contribution in [2.24, 2.45) is 16.7 Å². The Morgan fingerprint density at radius 2 is 2.20 bits per heavy atom. The lowest BCUT2D eigenvalue weighted by molar-refractivity contribution is 0.609. The third-order valence-corrected chi connectivity index (χ3v) is 2.20. The van der Waals surface area contributed by atoms with Gasteiger partial charge in [0.15, 0.2) is 0 Å². The molecule has 0 rings (SSSR count). The third kappa shape index (κ3) is 2.06. The van der Waals surface area contributed by atoms with Crippen molar-refractivity contribution >= 4 is 15.0 Å². The summed E-state index contributed by atoms with van der Waals surface area (Å²) in [5, 5.41) is 2.27. The summed E-state index contributed by atoms with van der Waals surface area (Å²) in [4.78, 5) is 0. The standard InChI is InChI=1S/C4H9N3O2S/c1-2-3-10(8,9)4(5)7-6/h2H,1,3,6H2,(H2,5,7). The van der Waals surface area contributed by atoms with E-state index in [9.17, 15) is 8.42 Å². The maximum atomic E-state index is 10.8. The first-order chi connectivity index (χ1) is 4.54. The zero-order chi connectivity index (χ0) is 8.20. The van der Waals surface area contributed by atoms with E-state index in [1.807, 2.05) is 0 Å². The first-order valence-electron chi connectivity index (χ1n) is 2.41. The van der Waals surface area contributed by atoms with Gasteiger partial charge in [-0.3, -0.25) is 0 Å². The molecule has 0 bridgehead atoms. The summed E-state index contributed by atoms with van der Waals surface area (Å²) in [6, 6.07) is 0. The fourth-order valence-electron chi connectivity index (χ4n) is 0.321. The van der Waals surface area contributed by atoms with Crippen LogP contribution in [0.5, 0.6) is 0 Å². The molecule has 0 spiro atoms. The molecule has 0 aliphatic carbocycles. The molecule has 0 unspecified atom stereocenters. The van der Waals surface area contributed by atoms with E-state index in [4.69, 9.17) is 5.73 Å². The first-order valence-corrected chi connectivity index (χ1v) is 4.07. The first kappa shape index (κ1) is 8.96. The van der Waals surface area contributed by atoms with Gasteiger partial charge in [-0.1, -0.05) is 6.08 Å². The van der Waals surface area contributed by atoms with Crippen molar-refractivity contribution in [2.45, 2.75) is 0 Å². The Hall–Kier alpha value is -1.04. The van der Waals surface area contributed by atoms with E-state index in [2.05, 4.69) is 17.5 Å². The van der Waals surface area contributed by atoms with Gasteiger partial charge in [0.25, 0.3) is 0 Å². The van der Waals surface area contributed by atoms with Crippen LogP contribution >= 0.6 is 0 Å². The van der Waals surface area contributed by atoms with E-state index in [0.717, 1.165) is 0 Å². The zero-order valence-corrected chi connectivity index (χ0v) is 6.13. The van der Waals surface area contributed by atoms with Gasteiger partial charge >= 0.3 is 0 Å². The van der Waals surface area contributed by atoms with Gasteiger partial charge in [0.1, 0.15) is 0 Å². The molecule has 0 aromatic heterocycles. The maximum absolute atomic E-state index is 10.8. The molecule has 0 radical (unpaired) electrons. The van der Waals surface area contributed by atoms with Crippen LogP contribution in [0.2, 0.25) is 0 Å². The highest BCUT2D eigenvalue weighted by molar-refractivity contribution is 8.06. The van der Waals surface area contributed by atoms with Gasteiger partial charge in [-0.25, -0.2) is 8.42 Å². The molecule has 10 heavy (non-hydrogen) atoms. The molecule has 0 aliphatic rings. The minimum absolute atomic E-state index is 0.237. The number of hydrogen-bond acceptors (Lipinski definition) is 4. The smallest absolute Gasteiger partial charge is 0.236 e. The average molecular weight is 163 g/mol. The Balaban J connectivity index is 4.59. The molecule has 5 nitrogen and oxygen atoms in total. The van der Waals surface area contributed by atoms with Crippen molar-refractivity contribution < 1.29 is 8.42 Å². The van der Waals surface area contributed by atoms with E-state index >= 15 is 0 Å². The summed E-state index contributed by atoms with van der Waals surface area (Å²) in [6.07, 6.45) is 1.22. The Labute approximate surface area is 59.3 Å². The Bertz CT molecular complexity index is 241. The van der Waals surface area contributed by atoms with Crippen molar-refractivity contribution in [3.05, 3.63) is 12.7 Å². The Morgan fingerprint density at radius 1 is 1.70 bits per heavy atom. The molecule has 0 heterocycles. The molecule has 0 amide bonds. The molecule has 4 N–H and O–H groups in total. The topological polar surface area (TPSA) is 98.5 Å². The van der Waals surface area contributed by atoms with Gasteiger partial charge in [0.05, 0.1) is 5.75 Å². The summed E-state index contributed by atoms with van der Waals surface area (Å²) in [6.45, 7) is 3.23. The zero-order valence-electron chi connectivity index (χ0n) is 5.32. The SMILES string of the molecule is C=CCS(=O)(=O)C(N)=NN. The van der Waals surface area contributed by atoms with Crippen LogP contribution in [-0.4, -0.2) is 19.3 Å². The second kappa shape index (κ2) is 3.21. The second-order valence-electron chi connectivity index (χ2n) is 1.54. The molecule has 0 aromatic carbocycles. The molecule has 0 fully saturated rings. The molecule has 6 heteroatoms. The summed E-state index contributed by atoms with van der Waals surface area (Å²) in [5.74, 6) is 4.40. The number of rotatable bonds is 2. The minimum Gasteiger partial charge on any atom is -0.373 e. The lowest BCUT2D eigenvalue weighted by Gasteiger charge is -1.95. The van der Waals surface area contributed by atoms with E-state index in [1.165, 1.54) is 6.08 Å². The summed E-state index contributed by atoms with van der Waals surface area (Å²) >= 11 is 0. The van der Waals surface area contributed by atoms with Gasteiger partial charge in [0.2, 0.25) is 15.0 Å². The quantitative estimate of drug-likeness (QED) is 0.175. The van der Waals surface area contributed by atoms with Crippen molar-refractivity contribution in [3.63, 3.8) is 0 Å². The Kier molecular flexibility index (Phi) is 2.88. The molecule has 0 aliphatic heterocycles. The van der Waals surface area contributed by atoms with E-state index in [0.29, 0.717) is 0 Å². The minimum atomic E-state index is -3.48. The normalized spacial score (nSPS) is 13.0. The molecule has 0 atom stereocenters. The van der Waals surface area contributed by atoms with Crippen LogP contribution in [-0.2, 0) is 9.84 Å². The largest absolute Gasteiger partial charge is 0.373 e. The average Bonchev–Trinajstić information content (AvgIpc) is 1.86. The van der Waals surface area contributed by atoms with Gasteiger partial charge in [-0.2, -0.15) is 5.10 Å². The van der Waals surface area contributed by atoms with Crippen LogP contribution in [0.4, 0.5) is 0 Å². The fraction of sp³-hybridized carbons (Fsp3) is 0.250. The lowest BCUT2D eigenvalue weighted by Crippen LogP contribution is -2.27. The van der Waals surface area contributed by atoms with E-state index < -0.39 is 15.0 Å². The molecule has 0 saturated carbocycles. The van der Waals surface area contributed by atoms with E-state index in [1.54, 1.807) is 0 Å². The van der Waals surface area contributed by atoms with Crippen LogP contribution in [0.1, 0.15) is 0 Å². The molecular weight excluding hydrogens is 154 g/mol. The molecule has 0 saturated heterocycles. The van der Waals surface area contributed by atoms with Crippen molar-refractivity contribution in [1.29, 1.82) is 0 Å². The van der Waals surface area contributed by atoms with Crippen molar-refractivity contribution in [1.82, 2.24) is 0 Å². The number of hydrazone groups is 1. The molecule has 0 aromatic rings. The van der Waals surface area contributed by atoms with Crippen LogP contribution in [0.25, 0.3) is 0 Å². The van der Waals surface area contributed by atoms with Crippen LogP contribution < -0.4 is 11.6 Å². The lowest BCUT2D eigenvalue weighted by atomic mass is 10.8. The van der Waals surface area contributed by atoms with Gasteiger partial charge in [-0.05, 0) is 0 Å². The predicted octanol–water partition coefficient (Wildman–Crippen LogP) is -1.22. The maximum Gasteiger partial charge on any atom is 0.236 e. The summed E-state index contributed by atoms with van der Waals surface area (Å²) in [7, 11) is -3.48. The Morgan fingerprint density at radius 3 is 2.50 bits per heavy atom. The monoisotopic (exact) mass is 163 g/mol. The van der Waals surface area contributed by atoms with Crippen LogP contribution in [0.3, 0.4) is 0 Å². The van der Waals surface area contributed by atoms with Gasteiger partial charge < -0.3 is 11.6 Å². The number of hydrogen-bond donors (Lipinski definition) is 2. The summed E-state index contributed by atoms with van der Waals surface area (Å²) < 4.78 is 21.5. The number of amidine groups is 1. The highest BCUT2D eigenvalue weighted by Gasteiger charge is 2.12. The van der Waals surface area contributed by atoms with Crippen LogP contribution in [0, 0.1) is 0 Å². The number of sulfone groups is 1. The summed E-state index contributed by atoms with van der Waals surface area (Å²) in [5.41, 5.74) is 4.93. The predicted molar refractivity (Wildman–Crippen MR) is 39.8 cm³/mol. The van der Waals surface area contributed by atoms with Crippen molar-refractivity contribution in [2.75, 3.05) is 5.75 Å². The van der Waals surface area contributed by atoms with Gasteiger partial charge in [-0.15, -0.1) is 6.58 Å². The fourth-order valence-corrected chi connectivity index (χ4v) is 0.962. The number of nitrogens with two attached hydrogens (primary N) is 2. The third-order valence-electron chi connectivity index (χ3n) is 0.783. The molecule has 58 valence electrons. The highest BCUT2D eigenvalue weighted by Crippen LogP contribution is 1.88. The van der Waals surface area contributed by atoms with Crippen molar-refractivity contribution in [3.8, 4) is 0 Å². The number of nitrogens with zero attached hydrogens (tertiary/aromatic N) is 1. The van der Waals surface area contributed by atoms with Crippen LogP contribution in [0.15, 0.2) is 17.8 Å². The highest BCUT2D eigenvalue weighted by atomic mass is 32.2. The van der Waals surface area contributed by atoms with E-state index in [-0.39, 0.29) is 5.75 Å². The van der Waals surface area contributed by atoms with Gasteiger partial charge in [0, 0.05) is 0 Å². The second-order valence-corrected chi connectivity index (χ2v) is 3.52.